The Morgan fingerprint density at radius 2 is 2.03 bits per heavy atom. The van der Waals surface area contributed by atoms with Gasteiger partial charge in [0.05, 0.1) is 0 Å². The highest BCUT2D eigenvalue weighted by Gasteiger charge is 2.25. The van der Waals surface area contributed by atoms with E-state index < -0.39 is 18.0 Å². The minimum Gasteiger partial charge on any atom is -0.360 e. The lowest BCUT2D eigenvalue weighted by molar-refractivity contribution is -0.125. The van der Waals surface area contributed by atoms with Crippen LogP contribution >= 0.6 is 11.3 Å². The molecule has 2 aromatic rings. The lowest BCUT2D eigenvalue weighted by Crippen LogP contribution is -2.36. The van der Waals surface area contributed by atoms with Crippen LogP contribution in [0.5, 0.6) is 0 Å². The number of alkyl halides is 1. The first-order valence-electron chi connectivity index (χ1n) is 10.4. The molecular weight excluding hydrogens is 445 g/mol. The maximum Gasteiger partial charge on any atom is 0.270 e. The molecule has 0 fully saturated rings. The number of thiazole rings is 1. The molecule has 0 aliphatic rings. The second-order valence-electron chi connectivity index (χ2n) is 8.21. The zero-order valence-corrected chi connectivity index (χ0v) is 20.2. The quantitative estimate of drug-likeness (QED) is 0.635. The maximum atomic E-state index is 12.8. The number of rotatable bonds is 7. The number of hydrogen-bond acceptors (Lipinski definition) is 6. The Morgan fingerprint density at radius 1 is 1.33 bits per heavy atom. The van der Waals surface area contributed by atoms with Gasteiger partial charge in [-0.25, -0.2) is 4.39 Å². The molecule has 0 atom stereocenters. The summed E-state index contributed by atoms with van der Waals surface area (Å²) in [7, 11) is 1.70. The molecular formula is C23H28FN5O3S. The Bertz CT molecular complexity index is 1250. The van der Waals surface area contributed by atoms with Crippen molar-refractivity contribution in [3.63, 3.8) is 0 Å². The van der Waals surface area contributed by atoms with Gasteiger partial charge in [-0.15, -0.1) is 11.3 Å². The third-order valence-electron chi connectivity index (χ3n) is 4.71. The molecule has 2 amide bonds. The lowest BCUT2D eigenvalue weighted by Gasteiger charge is -2.26. The monoisotopic (exact) mass is 473 g/mol. The molecule has 1 heterocycles. The molecule has 0 aliphatic heterocycles. The van der Waals surface area contributed by atoms with Crippen LogP contribution in [0, 0.1) is 16.7 Å². The van der Waals surface area contributed by atoms with Crippen LogP contribution in [0.3, 0.4) is 0 Å². The number of anilines is 2. The van der Waals surface area contributed by atoms with Crippen LogP contribution in [0.25, 0.3) is 11.8 Å². The van der Waals surface area contributed by atoms with Crippen molar-refractivity contribution >= 4 is 46.3 Å². The van der Waals surface area contributed by atoms with Gasteiger partial charge in [-0.05, 0) is 25.1 Å². The molecule has 0 radical (unpaired) electrons. The highest BCUT2D eigenvalue weighted by molar-refractivity contribution is 7.07. The number of aromatic nitrogens is 1. The minimum absolute atomic E-state index is 0.0389. The van der Waals surface area contributed by atoms with Crippen LogP contribution < -0.4 is 30.3 Å². The average molecular weight is 474 g/mol. The molecule has 1 aromatic heterocycles. The average Bonchev–Trinajstić information content (AvgIpc) is 3.10. The fourth-order valence-corrected chi connectivity index (χ4v) is 4.10. The van der Waals surface area contributed by atoms with Crippen LogP contribution in [0.1, 0.15) is 27.7 Å². The summed E-state index contributed by atoms with van der Waals surface area (Å²) in [6.07, 6.45) is 1.50. The topological polar surface area (TPSA) is 107 Å². The summed E-state index contributed by atoms with van der Waals surface area (Å²) in [6, 6.07) is 9.00. The van der Waals surface area contributed by atoms with Crippen molar-refractivity contribution < 1.29 is 14.0 Å². The van der Waals surface area contributed by atoms with Gasteiger partial charge in [-0.1, -0.05) is 26.8 Å². The van der Waals surface area contributed by atoms with Crippen molar-refractivity contribution in [1.82, 2.24) is 9.88 Å². The number of nitrogens with zero attached hydrogens (tertiary/aromatic N) is 3. The Morgan fingerprint density at radius 3 is 2.61 bits per heavy atom. The van der Waals surface area contributed by atoms with Gasteiger partial charge in [-0.2, -0.15) is 5.26 Å². The molecule has 176 valence electrons. The Hall–Kier alpha value is -3.45. The Kier molecular flexibility index (Phi) is 8.54. The number of nitrogens with one attached hydrogen (secondary N) is 2. The van der Waals surface area contributed by atoms with Crippen molar-refractivity contribution in [3.05, 3.63) is 43.8 Å². The predicted molar refractivity (Wildman–Crippen MR) is 129 cm³/mol. The van der Waals surface area contributed by atoms with E-state index in [0.717, 1.165) is 11.3 Å². The molecule has 2 N–H and O–H groups in total. The summed E-state index contributed by atoms with van der Waals surface area (Å²) >= 11 is 0.997. The number of hydrogen-bond donors (Lipinski definition) is 2. The summed E-state index contributed by atoms with van der Waals surface area (Å²) in [5.41, 5.74) is 0.219. The van der Waals surface area contributed by atoms with Gasteiger partial charge < -0.3 is 15.5 Å². The summed E-state index contributed by atoms with van der Waals surface area (Å²) in [6.45, 7) is 6.56. The van der Waals surface area contributed by atoms with Gasteiger partial charge in [0.25, 0.3) is 11.5 Å². The molecule has 10 heteroatoms. The molecule has 0 unspecified atom stereocenters. The van der Waals surface area contributed by atoms with E-state index in [0.29, 0.717) is 15.9 Å². The van der Waals surface area contributed by atoms with E-state index in [1.54, 1.807) is 37.1 Å². The standard InChI is InChI=1S/C23H28FN5O3S/c1-6-29-20(31)18(33-21(29)17(13-25)19(30)26-11-10-24)14-27-15-8-7-9-16(12-15)28(5)22(32)23(2,3)4/h7-9,12,14,27H,6,10-11H2,1-5H3,(H,26,30). The number of carbonyl (C=O) groups excluding carboxylic acids is 2. The van der Waals surface area contributed by atoms with E-state index >= 15 is 0 Å². The minimum atomic E-state index is -0.756. The smallest absolute Gasteiger partial charge is 0.270 e. The van der Waals surface area contributed by atoms with Gasteiger partial charge in [0, 0.05) is 43.1 Å². The number of benzene rings is 1. The van der Waals surface area contributed by atoms with Crippen LogP contribution in [-0.2, 0) is 16.1 Å². The van der Waals surface area contributed by atoms with Gasteiger partial charge in [0.1, 0.15) is 21.9 Å². The molecule has 0 aliphatic carbocycles. The zero-order chi connectivity index (χ0) is 24.8. The fourth-order valence-electron chi connectivity index (χ4n) is 3.01. The molecule has 0 spiro atoms. The lowest BCUT2D eigenvalue weighted by atomic mass is 9.94. The van der Waals surface area contributed by atoms with Gasteiger partial charge in [-0.3, -0.25) is 19.0 Å². The molecule has 8 nitrogen and oxygen atoms in total. The van der Waals surface area contributed by atoms with E-state index in [9.17, 15) is 24.0 Å². The fraction of sp³-hybridized carbons (Fsp3) is 0.391. The Balaban J connectivity index is 2.45. The van der Waals surface area contributed by atoms with Crippen molar-refractivity contribution in [1.29, 1.82) is 5.26 Å². The first-order valence-corrected chi connectivity index (χ1v) is 11.2. The van der Waals surface area contributed by atoms with Gasteiger partial charge in [0.2, 0.25) is 5.91 Å². The van der Waals surface area contributed by atoms with E-state index in [1.165, 1.54) is 10.8 Å². The summed E-state index contributed by atoms with van der Waals surface area (Å²) < 4.78 is 14.2. The SMILES string of the molecule is CCn1c(=C(C#N)C(=O)NCCF)sc(=CNc2cccc(N(C)C(=O)C(C)(C)C)c2)c1=O. The van der Waals surface area contributed by atoms with Gasteiger partial charge in [0.15, 0.2) is 5.57 Å². The third-order valence-corrected chi connectivity index (χ3v) is 5.84. The number of nitriles is 1. The zero-order valence-electron chi connectivity index (χ0n) is 19.4. The number of carbonyl (C=O) groups is 2. The molecule has 0 saturated heterocycles. The maximum absolute atomic E-state index is 12.8. The molecule has 0 saturated carbocycles. The van der Waals surface area contributed by atoms with Crippen molar-refractivity contribution in [2.24, 2.45) is 5.41 Å². The number of halogens is 1. The molecule has 1 aromatic carbocycles. The highest BCUT2D eigenvalue weighted by atomic mass is 32.1. The van der Waals surface area contributed by atoms with E-state index in [-0.39, 0.29) is 34.8 Å². The molecule has 2 rings (SSSR count). The van der Waals surface area contributed by atoms with Crippen LogP contribution in [0.4, 0.5) is 15.8 Å². The summed E-state index contributed by atoms with van der Waals surface area (Å²) in [5, 5.41) is 14.8. The van der Waals surface area contributed by atoms with E-state index in [1.807, 2.05) is 32.9 Å². The largest absolute Gasteiger partial charge is 0.360 e. The normalized spacial score (nSPS) is 12.7. The highest BCUT2D eigenvalue weighted by Crippen LogP contribution is 2.24. The van der Waals surface area contributed by atoms with E-state index in [4.69, 9.17) is 0 Å². The second-order valence-corrected chi connectivity index (χ2v) is 9.24. The van der Waals surface area contributed by atoms with Crippen LogP contribution in [0.15, 0.2) is 29.1 Å². The molecule has 0 bridgehead atoms. The van der Waals surface area contributed by atoms with Crippen LogP contribution in [-0.4, -0.2) is 36.6 Å². The van der Waals surface area contributed by atoms with Gasteiger partial charge >= 0.3 is 0 Å². The Labute approximate surface area is 195 Å². The first kappa shape index (κ1) is 25.8. The van der Waals surface area contributed by atoms with Crippen molar-refractivity contribution in [2.75, 3.05) is 30.5 Å². The van der Waals surface area contributed by atoms with Crippen molar-refractivity contribution in [2.45, 2.75) is 34.2 Å². The summed E-state index contributed by atoms with van der Waals surface area (Å²) in [4.78, 5) is 39.2. The summed E-state index contributed by atoms with van der Waals surface area (Å²) in [5.74, 6) is -0.764. The van der Waals surface area contributed by atoms with Crippen LogP contribution in [0.2, 0.25) is 0 Å². The predicted octanol–water partition coefficient (Wildman–Crippen LogP) is 1.55. The second kappa shape index (κ2) is 10.9. The number of amides is 2. The third kappa shape index (κ3) is 6.08. The molecule has 33 heavy (non-hydrogen) atoms. The van der Waals surface area contributed by atoms with Crippen molar-refractivity contribution in [3.8, 4) is 6.07 Å². The first-order chi connectivity index (χ1) is 15.5. The van der Waals surface area contributed by atoms with E-state index in [2.05, 4.69) is 10.6 Å².